The predicted molar refractivity (Wildman–Crippen MR) is 139 cm³/mol. The van der Waals surface area contributed by atoms with Gasteiger partial charge in [0, 0.05) is 18.7 Å². The van der Waals surface area contributed by atoms with E-state index in [2.05, 4.69) is 10.3 Å². The molecule has 0 radical (unpaired) electrons. The van der Waals surface area contributed by atoms with Crippen LogP contribution in [0.2, 0.25) is 0 Å². The Morgan fingerprint density at radius 3 is 2.50 bits per heavy atom. The van der Waals surface area contributed by atoms with Gasteiger partial charge in [0.2, 0.25) is 17.4 Å². The number of nitrogens with one attached hydrogen (secondary N) is 1. The van der Waals surface area contributed by atoms with Crippen molar-refractivity contribution >= 4 is 23.1 Å². The molecule has 0 saturated carbocycles. The van der Waals surface area contributed by atoms with E-state index in [9.17, 15) is 9.59 Å². The van der Waals surface area contributed by atoms with Gasteiger partial charge in [0.15, 0.2) is 29.2 Å². The fraction of sp³-hybridized carbons (Fsp3) is 0.393. The van der Waals surface area contributed by atoms with Crippen molar-refractivity contribution < 1.29 is 33.4 Å². The van der Waals surface area contributed by atoms with E-state index < -0.39 is 18.2 Å². The number of hydrogen-bond donors (Lipinski definition) is 1. The Balaban J connectivity index is 1.87. The first-order valence-corrected chi connectivity index (χ1v) is 12.3. The molecule has 1 N–H and O–H groups in total. The van der Waals surface area contributed by atoms with Crippen molar-refractivity contribution in [3.63, 3.8) is 0 Å². The zero-order valence-electron chi connectivity index (χ0n) is 22.3. The number of methoxy groups -OCH3 is 4. The van der Waals surface area contributed by atoms with Crippen LogP contribution >= 0.6 is 0 Å². The lowest BCUT2D eigenvalue weighted by Gasteiger charge is -2.40. The Morgan fingerprint density at radius 1 is 1.11 bits per heavy atom. The molecule has 6 rings (SSSR count). The molecule has 2 unspecified atom stereocenters. The van der Waals surface area contributed by atoms with Gasteiger partial charge in [-0.25, -0.2) is 10.0 Å². The number of ether oxygens (including phenoxy) is 4. The highest BCUT2D eigenvalue weighted by atomic mass is 16.7. The van der Waals surface area contributed by atoms with Crippen LogP contribution < -0.4 is 24.6 Å². The van der Waals surface area contributed by atoms with E-state index in [0.717, 1.165) is 22.3 Å². The van der Waals surface area contributed by atoms with E-state index in [1.807, 2.05) is 25.1 Å². The number of fused-ring (bicyclic) bond motifs is 3. The van der Waals surface area contributed by atoms with E-state index in [-0.39, 0.29) is 17.4 Å². The maximum Gasteiger partial charge on any atom is 0.232 e. The number of hydroxylamine groups is 1. The van der Waals surface area contributed by atoms with Gasteiger partial charge in [-0.3, -0.25) is 14.4 Å². The van der Waals surface area contributed by atoms with E-state index in [1.54, 1.807) is 38.7 Å². The summed E-state index contributed by atoms with van der Waals surface area (Å²) in [6, 6.07) is 4.61. The Kier molecular flexibility index (Phi) is 6.75. The fourth-order valence-electron chi connectivity index (χ4n) is 5.58. The molecular formula is C28H31N3O7. The molecule has 0 saturated heterocycles. The summed E-state index contributed by atoms with van der Waals surface area (Å²) < 4.78 is 22.9. The van der Waals surface area contributed by atoms with Crippen LogP contribution in [0.3, 0.4) is 0 Å². The third kappa shape index (κ3) is 4.05. The molecule has 1 aromatic carbocycles. The smallest absolute Gasteiger partial charge is 0.232 e. The number of benzene rings is 1. The number of aromatic nitrogens is 1. The number of carbonyl (C=O) groups is 2. The van der Waals surface area contributed by atoms with Crippen LogP contribution in [0.4, 0.5) is 5.82 Å². The summed E-state index contributed by atoms with van der Waals surface area (Å²) in [7, 11) is 6.16. The van der Waals surface area contributed by atoms with E-state index in [1.165, 1.54) is 14.0 Å². The summed E-state index contributed by atoms with van der Waals surface area (Å²) in [5.74, 6) is 1.60. The Morgan fingerprint density at radius 2 is 1.87 bits per heavy atom. The highest BCUT2D eigenvalue weighted by Gasteiger charge is 2.50. The van der Waals surface area contributed by atoms with E-state index >= 15 is 0 Å². The zero-order valence-corrected chi connectivity index (χ0v) is 22.3. The predicted octanol–water partition coefficient (Wildman–Crippen LogP) is 2.92. The molecule has 10 heteroatoms. The first-order valence-electron chi connectivity index (χ1n) is 12.3. The number of ketones is 1. The molecule has 1 aromatic heterocycles. The minimum Gasteiger partial charge on any atom is -0.493 e. The van der Waals surface area contributed by atoms with Crippen molar-refractivity contribution in [1.82, 2.24) is 10.3 Å². The van der Waals surface area contributed by atoms with Crippen LogP contribution in [-0.4, -0.2) is 63.3 Å². The highest BCUT2D eigenvalue weighted by Crippen LogP contribution is 2.52. The number of amides is 1. The van der Waals surface area contributed by atoms with Crippen LogP contribution in [0.25, 0.3) is 5.57 Å². The summed E-state index contributed by atoms with van der Waals surface area (Å²) >= 11 is 0. The van der Waals surface area contributed by atoms with Gasteiger partial charge in [-0.05, 0) is 66.3 Å². The van der Waals surface area contributed by atoms with Crippen LogP contribution in [0.15, 0.2) is 41.8 Å². The highest BCUT2D eigenvalue weighted by molar-refractivity contribution is 6.05. The maximum atomic E-state index is 13.8. The Bertz CT molecular complexity index is 1370. The van der Waals surface area contributed by atoms with Crippen LogP contribution in [0, 0.1) is 6.92 Å². The number of rotatable bonds is 6. The third-order valence-corrected chi connectivity index (χ3v) is 7.13. The first kappa shape index (κ1) is 25.6. The van der Waals surface area contributed by atoms with Crippen molar-refractivity contribution in [3.8, 4) is 17.2 Å². The summed E-state index contributed by atoms with van der Waals surface area (Å²) in [6.45, 7) is 3.42. The van der Waals surface area contributed by atoms with Crippen LogP contribution in [0.5, 0.6) is 17.2 Å². The monoisotopic (exact) mass is 521 g/mol. The van der Waals surface area contributed by atoms with Gasteiger partial charge in [-0.2, -0.15) is 0 Å². The molecule has 2 bridgehead atoms. The van der Waals surface area contributed by atoms with E-state index in [0.29, 0.717) is 41.5 Å². The molecule has 38 heavy (non-hydrogen) atoms. The molecule has 4 aliphatic rings. The van der Waals surface area contributed by atoms with Crippen LogP contribution in [0.1, 0.15) is 30.0 Å². The van der Waals surface area contributed by atoms with Gasteiger partial charge < -0.3 is 24.3 Å². The lowest BCUT2D eigenvalue weighted by Crippen LogP contribution is -2.50. The quantitative estimate of drug-likeness (QED) is 0.614. The van der Waals surface area contributed by atoms with Gasteiger partial charge >= 0.3 is 0 Å². The standard InChI is InChI=1S/C28H31N3O7/c1-14-9-10-29-21(11-14)31-18-13-19(34-3)25(33)27(38-31)23-17(30-15(2)32)8-7-16-12-20(35-4)26(36-5)28(37-6)22(16)24(18)23/h9-13,17-18,27H,7-8H2,1-6H3,(H,30,32)/t17-,18?,27?/m0/s1. The van der Waals surface area contributed by atoms with E-state index in [4.69, 9.17) is 23.8 Å². The van der Waals surface area contributed by atoms with Crippen molar-refractivity contribution in [1.29, 1.82) is 0 Å². The molecule has 2 aromatic rings. The van der Waals surface area contributed by atoms with Crippen molar-refractivity contribution in [3.05, 3.63) is 58.5 Å². The van der Waals surface area contributed by atoms with Crippen molar-refractivity contribution in [2.45, 2.75) is 44.9 Å². The molecule has 2 aliphatic carbocycles. The molecule has 1 amide bonds. The average molecular weight is 522 g/mol. The molecular weight excluding hydrogens is 490 g/mol. The second kappa shape index (κ2) is 10.0. The summed E-state index contributed by atoms with van der Waals surface area (Å²) in [6.07, 6.45) is 3.50. The second-order valence-corrected chi connectivity index (χ2v) is 9.39. The lowest BCUT2D eigenvalue weighted by atomic mass is 9.85. The molecule has 0 fully saturated rings. The summed E-state index contributed by atoms with van der Waals surface area (Å²) in [5, 5.41) is 4.69. The average Bonchev–Trinajstić information content (AvgIpc) is 3.21. The topological polar surface area (TPSA) is 108 Å². The van der Waals surface area contributed by atoms with Gasteiger partial charge in [0.05, 0.1) is 34.5 Å². The SMILES string of the molecule is COC1=CC2C3=C(C(ON2c2cc(C)ccn2)C1=O)[C@@H](NC(C)=O)CCc1cc(OC)c(OC)c(OC)c13. The third-order valence-electron chi connectivity index (χ3n) is 7.13. The maximum absolute atomic E-state index is 13.8. The Hall–Kier alpha value is -4.05. The lowest BCUT2D eigenvalue weighted by molar-refractivity contribution is -0.129. The minimum absolute atomic E-state index is 0.172. The summed E-state index contributed by atoms with van der Waals surface area (Å²) in [4.78, 5) is 37.1. The molecule has 2 aliphatic heterocycles. The van der Waals surface area contributed by atoms with Gasteiger partial charge in [0.25, 0.3) is 0 Å². The summed E-state index contributed by atoms with van der Waals surface area (Å²) in [5.41, 5.74) is 4.12. The van der Waals surface area contributed by atoms with Crippen LogP contribution in [-0.2, 0) is 25.6 Å². The molecule has 3 heterocycles. The van der Waals surface area contributed by atoms with Gasteiger partial charge in [-0.1, -0.05) is 0 Å². The fourth-order valence-corrected chi connectivity index (χ4v) is 5.58. The zero-order chi connectivity index (χ0) is 27.1. The van der Waals surface area contributed by atoms with Gasteiger partial charge in [0.1, 0.15) is 6.04 Å². The van der Waals surface area contributed by atoms with Crippen molar-refractivity contribution in [2.75, 3.05) is 33.5 Å². The largest absolute Gasteiger partial charge is 0.493 e. The number of carbonyl (C=O) groups excluding carboxylic acids is 2. The Labute approximate surface area is 221 Å². The number of Topliss-reactive ketones (excluding diaryl/α,β-unsaturated/α-hetero) is 1. The molecule has 0 spiro atoms. The number of hydrogen-bond acceptors (Lipinski definition) is 9. The van der Waals surface area contributed by atoms with Gasteiger partial charge in [-0.15, -0.1) is 0 Å². The number of aryl methyl sites for hydroxylation is 2. The number of pyridine rings is 1. The second-order valence-electron chi connectivity index (χ2n) is 9.39. The van der Waals surface area contributed by atoms with Crippen molar-refractivity contribution in [2.24, 2.45) is 0 Å². The first-order chi connectivity index (χ1) is 18.3. The number of anilines is 1. The minimum atomic E-state index is -1.06. The normalized spacial score (nSPS) is 22.1. The molecule has 3 atom stereocenters. The molecule has 10 nitrogen and oxygen atoms in total. The number of nitrogens with zero attached hydrogens (tertiary/aromatic N) is 2. The molecule has 200 valence electrons.